The van der Waals surface area contributed by atoms with Crippen LogP contribution in [-0.2, 0) is 38.1 Å². The first-order chi connectivity index (χ1) is 12.7. The number of nitrogens with zero attached hydrogens (tertiary/aromatic N) is 2. The topological polar surface area (TPSA) is 230 Å². The number of rotatable bonds is 9. The molecule has 4 atom stereocenters. The van der Waals surface area contributed by atoms with E-state index in [1.54, 1.807) is 0 Å². The van der Waals surface area contributed by atoms with Crippen LogP contribution in [0.3, 0.4) is 0 Å². The van der Waals surface area contributed by atoms with Crippen molar-refractivity contribution in [1.82, 2.24) is 9.55 Å². The Kier molecular flexibility index (Phi) is 7.35. The Labute approximate surface area is 157 Å². The Morgan fingerprint density at radius 2 is 1.89 bits per heavy atom. The van der Waals surface area contributed by atoms with Crippen LogP contribution in [0.1, 0.15) is 6.42 Å². The van der Waals surface area contributed by atoms with Crippen molar-refractivity contribution in [3.63, 3.8) is 0 Å². The quantitative estimate of drug-likeness (QED) is 0.292. The molecule has 160 valence electrons. The number of nitrogen functional groups attached to an aromatic ring is 1. The maximum Gasteiger partial charge on any atom is 0.490 e. The molecule has 1 saturated heterocycles. The highest BCUT2D eigenvalue weighted by Gasteiger charge is 2.41. The molecule has 15 nitrogen and oxygen atoms in total. The predicted molar refractivity (Wildman–Crippen MR) is 90.6 cm³/mol. The summed E-state index contributed by atoms with van der Waals surface area (Å²) < 4.78 is 51.8. The lowest BCUT2D eigenvalue weighted by atomic mass is 10.1. The number of hydrogen-bond donors (Lipinski definition) is 5. The number of phosphoric acid groups is 3. The molecular formula is C10H18N3O12P3. The Balaban J connectivity index is 1.85. The molecule has 0 spiro atoms. The van der Waals surface area contributed by atoms with Crippen LogP contribution in [-0.4, -0.2) is 48.4 Å². The summed E-state index contributed by atoms with van der Waals surface area (Å²) in [5.41, 5.74) is 4.85. The van der Waals surface area contributed by atoms with Gasteiger partial charge in [-0.3, -0.25) is 9.09 Å². The second-order valence-corrected chi connectivity index (χ2v) is 10.2. The van der Waals surface area contributed by atoms with Gasteiger partial charge < -0.3 is 30.0 Å². The van der Waals surface area contributed by atoms with Gasteiger partial charge in [-0.05, 0) is 12.5 Å². The highest BCUT2D eigenvalue weighted by atomic mass is 31.3. The summed E-state index contributed by atoms with van der Waals surface area (Å²) in [7, 11) is -16.2. The molecule has 6 N–H and O–H groups in total. The van der Waals surface area contributed by atoms with E-state index < -0.39 is 41.9 Å². The fourth-order valence-electron chi connectivity index (χ4n) is 2.36. The van der Waals surface area contributed by atoms with Crippen molar-refractivity contribution >= 4 is 29.3 Å². The average Bonchev–Trinajstić information content (AvgIpc) is 2.92. The number of phosphoric ester groups is 1. The molecule has 2 rings (SSSR count). The average molecular weight is 465 g/mol. The Bertz CT molecular complexity index is 899. The van der Waals surface area contributed by atoms with E-state index in [4.69, 9.17) is 25.2 Å². The van der Waals surface area contributed by atoms with E-state index in [9.17, 15) is 23.4 Å². The predicted octanol–water partition coefficient (Wildman–Crippen LogP) is -0.426. The maximum atomic E-state index is 11.7. The molecule has 0 amide bonds. The van der Waals surface area contributed by atoms with Crippen molar-refractivity contribution in [3.05, 3.63) is 22.7 Å². The van der Waals surface area contributed by atoms with Gasteiger partial charge in [0.25, 0.3) is 0 Å². The van der Waals surface area contributed by atoms with E-state index in [0.717, 1.165) is 0 Å². The number of aromatic nitrogens is 2. The second-order valence-electron chi connectivity index (χ2n) is 5.73. The molecule has 1 aliphatic heterocycles. The summed E-state index contributed by atoms with van der Waals surface area (Å²) in [6.45, 7) is -0.0891. The van der Waals surface area contributed by atoms with Crippen molar-refractivity contribution in [3.8, 4) is 0 Å². The van der Waals surface area contributed by atoms with Crippen molar-refractivity contribution < 1.29 is 51.2 Å². The summed E-state index contributed by atoms with van der Waals surface area (Å²) in [5.74, 6) is -0.0737. The van der Waals surface area contributed by atoms with Crippen LogP contribution in [0.2, 0.25) is 0 Å². The Hall–Kier alpha value is -0.950. The van der Waals surface area contributed by atoms with Crippen LogP contribution in [0.4, 0.5) is 5.82 Å². The van der Waals surface area contributed by atoms with Crippen molar-refractivity contribution in [1.29, 1.82) is 0 Å². The molecule has 2 heterocycles. The minimum Gasteiger partial charge on any atom is -0.383 e. The van der Waals surface area contributed by atoms with Crippen molar-refractivity contribution in [2.45, 2.75) is 19.1 Å². The van der Waals surface area contributed by atoms with Crippen LogP contribution in [0.25, 0.3) is 0 Å². The summed E-state index contributed by atoms with van der Waals surface area (Å²) in [6, 6.07) is 1.45. The van der Waals surface area contributed by atoms with E-state index in [0.29, 0.717) is 6.42 Å². The summed E-state index contributed by atoms with van der Waals surface area (Å²) in [6.07, 6.45) is 1.07. The molecule has 0 saturated carbocycles. The Morgan fingerprint density at radius 1 is 1.21 bits per heavy atom. The third-order valence-corrected chi connectivity index (χ3v) is 7.16. The number of nitrogens with two attached hydrogens (primary N) is 1. The molecule has 0 aliphatic carbocycles. The van der Waals surface area contributed by atoms with Gasteiger partial charge in [0, 0.05) is 18.7 Å². The van der Waals surface area contributed by atoms with Gasteiger partial charge in [0.05, 0.1) is 19.3 Å². The zero-order valence-corrected chi connectivity index (χ0v) is 16.7. The maximum absolute atomic E-state index is 11.7. The van der Waals surface area contributed by atoms with E-state index in [-0.39, 0.29) is 24.9 Å². The van der Waals surface area contributed by atoms with Gasteiger partial charge >= 0.3 is 29.2 Å². The monoisotopic (exact) mass is 465 g/mol. The van der Waals surface area contributed by atoms with Crippen LogP contribution < -0.4 is 11.4 Å². The van der Waals surface area contributed by atoms with Gasteiger partial charge in [-0.1, -0.05) is 0 Å². The lowest BCUT2D eigenvalue weighted by Gasteiger charge is -2.17. The van der Waals surface area contributed by atoms with Crippen LogP contribution in [0.15, 0.2) is 17.1 Å². The van der Waals surface area contributed by atoms with Gasteiger partial charge in [0.1, 0.15) is 5.82 Å². The zero-order valence-electron chi connectivity index (χ0n) is 14.0. The number of ether oxygens (including phenoxy) is 1. The summed E-state index contributed by atoms with van der Waals surface area (Å²) >= 11 is 0. The molecule has 1 fully saturated rings. The summed E-state index contributed by atoms with van der Waals surface area (Å²) in [5, 5.41) is 0. The zero-order chi connectivity index (χ0) is 21.2. The molecule has 18 heteroatoms. The normalized spacial score (nSPS) is 24.6. The lowest BCUT2D eigenvalue weighted by Crippen LogP contribution is -2.26. The largest absolute Gasteiger partial charge is 0.490 e. The van der Waals surface area contributed by atoms with Crippen molar-refractivity contribution in [2.75, 3.05) is 18.9 Å². The van der Waals surface area contributed by atoms with Crippen LogP contribution in [0.5, 0.6) is 0 Å². The van der Waals surface area contributed by atoms with Gasteiger partial charge in [0.15, 0.2) is 0 Å². The van der Waals surface area contributed by atoms with Gasteiger partial charge in [-0.2, -0.15) is 13.6 Å². The first-order valence-corrected chi connectivity index (χ1v) is 12.0. The third-order valence-electron chi connectivity index (χ3n) is 3.35. The third kappa shape index (κ3) is 7.82. The molecule has 0 radical (unpaired) electrons. The van der Waals surface area contributed by atoms with E-state index in [2.05, 4.69) is 18.1 Å². The molecule has 28 heavy (non-hydrogen) atoms. The first-order valence-electron chi connectivity index (χ1n) is 7.47. The van der Waals surface area contributed by atoms with E-state index in [1.165, 1.54) is 16.8 Å². The van der Waals surface area contributed by atoms with E-state index in [1.807, 2.05) is 0 Å². The van der Waals surface area contributed by atoms with Gasteiger partial charge in [-0.25, -0.2) is 18.5 Å². The van der Waals surface area contributed by atoms with Crippen molar-refractivity contribution in [2.24, 2.45) is 5.92 Å². The highest BCUT2D eigenvalue weighted by molar-refractivity contribution is 7.66. The molecule has 2 unspecified atom stereocenters. The molecule has 1 aromatic heterocycles. The lowest BCUT2D eigenvalue weighted by molar-refractivity contribution is 0.0523. The van der Waals surface area contributed by atoms with Gasteiger partial charge in [-0.15, -0.1) is 0 Å². The number of anilines is 1. The van der Waals surface area contributed by atoms with E-state index >= 15 is 0 Å². The van der Waals surface area contributed by atoms with Gasteiger partial charge in [0.2, 0.25) is 0 Å². The fourth-order valence-corrected chi connectivity index (χ4v) is 5.41. The standard InChI is InChI=1S/C10H18N3O12P3/c11-9-1-2-13(10(14)12-9)4-7-3-8(22-5-7)6-23-27(18,19)25-28(20,21)24-26(15,16)17/h1-2,7-8H,3-6H2,(H,18,19)(H,20,21)(H2,11,12,14)(H2,15,16,17)/t7-,8+/m1/s1. The Morgan fingerprint density at radius 3 is 2.50 bits per heavy atom. The fraction of sp³-hybridized carbons (Fsp3) is 0.600. The van der Waals surface area contributed by atoms with Crippen LogP contribution in [0, 0.1) is 5.92 Å². The summed E-state index contributed by atoms with van der Waals surface area (Å²) in [4.78, 5) is 50.6. The molecule has 1 aromatic rings. The SMILES string of the molecule is Nc1ccn(C[C@@H]2CO[C@H](COP(=O)(O)OP(=O)(O)OP(=O)(O)O)C2)c(=O)n1. The first kappa shape index (κ1) is 23.3. The smallest absolute Gasteiger partial charge is 0.383 e. The molecule has 0 aromatic carbocycles. The second kappa shape index (κ2) is 8.82. The van der Waals surface area contributed by atoms with Crippen LogP contribution >= 0.6 is 23.5 Å². The minimum atomic E-state index is -5.56. The highest BCUT2D eigenvalue weighted by Crippen LogP contribution is 2.66. The molecular weight excluding hydrogens is 447 g/mol. The minimum absolute atomic E-state index is 0.0813. The molecule has 1 aliphatic rings. The molecule has 0 bridgehead atoms. The number of hydrogen-bond acceptors (Lipinski definition) is 10.